The van der Waals surface area contributed by atoms with Gasteiger partial charge in [-0.05, 0) is 42.3 Å². The molecule has 0 atom stereocenters. The van der Waals surface area contributed by atoms with Crippen LogP contribution < -0.4 is 20.3 Å². The molecule has 1 saturated heterocycles. The van der Waals surface area contributed by atoms with Crippen LogP contribution in [0.2, 0.25) is 0 Å². The fourth-order valence-corrected chi connectivity index (χ4v) is 3.26. The highest BCUT2D eigenvalue weighted by molar-refractivity contribution is 5.93. The molecule has 0 radical (unpaired) electrons. The van der Waals surface area contributed by atoms with Crippen LogP contribution in [0, 0.1) is 12.3 Å². The number of nitrogens with one attached hydrogen (secondary N) is 2. The maximum Gasteiger partial charge on any atom is 0.416 e. The zero-order valence-electron chi connectivity index (χ0n) is 17.4. The van der Waals surface area contributed by atoms with Gasteiger partial charge in [0.2, 0.25) is 0 Å². The van der Waals surface area contributed by atoms with E-state index in [1.165, 1.54) is 6.07 Å². The molecule has 1 aliphatic rings. The summed E-state index contributed by atoms with van der Waals surface area (Å²) in [4.78, 5) is 14.3. The molecular weight excluding hydrogens is 423 g/mol. The van der Waals surface area contributed by atoms with Gasteiger partial charge in [-0.2, -0.15) is 13.2 Å². The van der Waals surface area contributed by atoms with E-state index in [0.29, 0.717) is 50.7 Å². The van der Waals surface area contributed by atoms with Crippen molar-refractivity contribution in [1.82, 2.24) is 5.32 Å². The standard InChI is InChI=1S/C23H24F3N3O3/c1-2-13-32-19-6-3-17(4-7-19)9-10-27-22(30)28-20-16-18(23(24,25)26)5-8-21(20)29-11-14-31-15-12-29/h1,3-8,16H,9-15H2,(H2,27,28,30). The molecule has 3 rings (SSSR count). The molecule has 1 aliphatic heterocycles. The molecule has 0 aromatic heterocycles. The Morgan fingerprint density at radius 1 is 1.16 bits per heavy atom. The first kappa shape index (κ1) is 23.3. The predicted octanol–water partition coefficient (Wildman–Crippen LogP) is 3.92. The molecule has 0 spiro atoms. The molecule has 2 aromatic carbocycles. The van der Waals surface area contributed by atoms with Crippen LogP contribution in [0.4, 0.5) is 29.3 Å². The van der Waals surface area contributed by atoms with Crippen molar-refractivity contribution < 1.29 is 27.4 Å². The third-order valence-corrected chi connectivity index (χ3v) is 4.87. The Bertz CT molecular complexity index is 950. The highest BCUT2D eigenvalue weighted by Crippen LogP contribution is 2.35. The van der Waals surface area contributed by atoms with Gasteiger partial charge in [-0.1, -0.05) is 18.1 Å². The number of alkyl halides is 3. The smallest absolute Gasteiger partial charge is 0.416 e. The van der Waals surface area contributed by atoms with Crippen LogP contribution in [-0.2, 0) is 17.3 Å². The monoisotopic (exact) mass is 447 g/mol. The number of morpholine rings is 1. The number of hydrogen-bond acceptors (Lipinski definition) is 4. The minimum absolute atomic E-state index is 0.106. The molecule has 0 saturated carbocycles. The molecule has 9 heteroatoms. The van der Waals surface area contributed by atoms with E-state index >= 15 is 0 Å². The Morgan fingerprint density at radius 3 is 2.53 bits per heavy atom. The van der Waals surface area contributed by atoms with E-state index in [1.807, 2.05) is 17.0 Å². The number of amides is 2. The number of halogens is 3. The topological polar surface area (TPSA) is 62.8 Å². The molecule has 2 aromatic rings. The number of hydrogen-bond donors (Lipinski definition) is 2. The van der Waals surface area contributed by atoms with Gasteiger partial charge in [-0.3, -0.25) is 0 Å². The van der Waals surface area contributed by atoms with E-state index in [9.17, 15) is 18.0 Å². The van der Waals surface area contributed by atoms with Crippen LogP contribution in [0.15, 0.2) is 42.5 Å². The minimum Gasteiger partial charge on any atom is -0.481 e. The van der Waals surface area contributed by atoms with Crippen molar-refractivity contribution in [3.05, 3.63) is 53.6 Å². The van der Waals surface area contributed by atoms with Crippen LogP contribution in [0.3, 0.4) is 0 Å². The first-order valence-electron chi connectivity index (χ1n) is 10.1. The zero-order chi connectivity index (χ0) is 23.0. The summed E-state index contributed by atoms with van der Waals surface area (Å²) in [5, 5.41) is 5.25. The molecule has 32 heavy (non-hydrogen) atoms. The summed E-state index contributed by atoms with van der Waals surface area (Å²) in [6.45, 7) is 2.50. The third-order valence-electron chi connectivity index (χ3n) is 4.87. The fraction of sp³-hybridized carbons (Fsp3) is 0.348. The second-order valence-corrected chi connectivity index (χ2v) is 7.10. The first-order chi connectivity index (χ1) is 15.4. The summed E-state index contributed by atoms with van der Waals surface area (Å²) in [6, 6.07) is 10.1. The van der Waals surface area contributed by atoms with E-state index in [4.69, 9.17) is 15.9 Å². The number of anilines is 2. The highest BCUT2D eigenvalue weighted by atomic mass is 19.4. The molecular formula is C23H24F3N3O3. The van der Waals surface area contributed by atoms with Gasteiger partial charge >= 0.3 is 12.2 Å². The molecule has 170 valence electrons. The van der Waals surface area contributed by atoms with Crippen molar-refractivity contribution in [2.45, 2.75) is 12.6 Å². The number of ether oxygens (including phenoxy) is 2. The highest BCUT2D eigenvalue weighted by Gasteiger charge is 2.31. The van der Waals surface area contributed by atoms with Gasteiger partial charge in [0.15, 0.2) is 0 Å². The number of urea groups is 1. The van der Waals surface area contributed by atoms with E-state index in [2.05, 4.69) is 16.6 Å². The molecule has 2 N–H and O–H groups in total. The summed E-state index contributed by atoms with van der Waals surface area (Å²) in [5.74, 6) is 3.04. The van der Waals surface area contributed by atoms with Crippen molar-refractivity contribution in [3.8, 4) is 18.1 Å². The van der Waals surface area contributed by atoms with Crippen molar-refractivity contribution in [3.63, 3.8) is 0 Å². The number of nitrogens with zero attached hydrogens (tertiary/aromatic N) is 1. The molecule has 1 fully saturated rings. The Labute approximate surface area is 184 Å². The predicted molar refractivity (Wildman–Crippen MR) is 116 cm³/mol. The lowest BCUT2D eigenvalue weighted by Gasteiger charge is -2.31. The van der Waals surface area contributed by atoms with Gasteiger partial charge < -0.3 is 25.0 Å². The van der Waals surface area contributed by atoms with E-state index < -0.39 is 17.8 Å². The number of benzene rings is 2. The van der Waals surface area contributed by atoms with Crippen LogP contribution >= 0.6 is 0 Å². The summed E-state index contributed by atoms with van der Waals surface area (Å²) in [6.07, 6.45) is 1.19. The number of terminal acetylenes is 1. The summed E-state index contributed by atoms with van der Waals surface area (Å²) < 4.78 is 50.2. The van der Waals surface area contributed by atoms with Gasteiger partial charge in [0.25, 0.3) is 0 Å². The fourth-order valence-electron chi connectivity index (χ4n) is 3.26. The Balaban J connectivity index is 1.61. The maximum atomic E-state index is 13.2. The molecule has 1 heterocycles. The van der Waals surface area contributed by atoms with Crippen LogP contribution in [-0.4, -0.2) is 45.5 Å². The number of rotatable bonds is 7. The van der Waals surface area contributed by atoms with Crippen LogP contribution in [0.25, 0.3) is 0 Å². The number of carbonyl (C=O) groups is 1. The summed E-state index contributed by atoms with van der Waals surface area (Å²) >= 11 is 0. The second-order valence-electron chi connectivity index (χ2n) is 7.10. The van der Waals surface area contributed by atoms with E-state index in [-0.39, 0.29) is 12.3 Å². The number of carbonyl (C=O) groups excluding carboxylic acids is 1. The Morgan fingerprint density at radius 2 is 1.88 bits per heavy atom. The van der Waals surface area contributed by atoms with E-state index in [1.54, 1.807) is 12.1 Å². The maximum absolute atomic E-state index is 13.2. The van der Waals surface area contributed by atoms with Crippen LogP contribution in [0.1, 0.15) is 11.1 Å². The van der Waals surface area contributed by atoms with E-state index in [0.717, 1.165) is 17.7 Å². The van der Waals surface area contributed by atoms with Crippen LogP contribution in [0.5, 0.6) is 5.75 Å². The molecule has 2 amide bonds. The van der Waals surface area contributed by atoms with Crippen molar-refractivity contribution in [1.29, 1.82) is 0 Å². The van der Waals surface area contributed by atoms with Gasteiger partial charge in [0.1, 0.15) is 12.4 Å². The lowest BCUT2D eigenvalue weighted by molar-refractivity contribution is -0.137. The molecule has 0 bridgehead atoms. The Kier molecular flexibility index (Phi) is 7.84. The molecule has 0 aliphatic carbocycles. The lowest BCUT2D eigenvalue weighted by Crippen LogP contribution is -2.37. The lowest BCUT2D eigenvalue weighted by atomic mass is 10.1. The van der Waals surface area contributed by atoms with Crippen molar-refractivity contribution in [2.75, 3.05) is 49.7 Å². The van der Waals surface area contributed by atoms with Gasteiger partial charge in [-0.25, -0.2) is 4.79 Å². The Hall–Kier alpha value is -3.38. The average Bonchev–Trinajstić information content (AvgIpc) is 2.78. The second kappa shape index (κ2) is 10.8. The quantitative estimate of drug-likeness (QED) is 0.632. The van der Waals surface area contributed by atoms with Crippen molar-refractivity contribution >= 4 is 17.4 Å². The third kappa shape index (κ3) is 6.56. The SMILES string of the molecule is C#CCOc1ccc(CCNC(=O)Nc2cc(C(F)(F)F)ccc2N2CCOCC2)cc1. The normalized spacial score (nSPS) is 13.9. The van der Waals surface area contributed by atoms with Crippen molar-refractivity contribution in [2.24, 2.45) is 0 Å². The average molecular weight is 447 g/mol. The summed E-state index contributed by atoms with van der Waals surface area (Å²) in [7, 11) is 0. The minimum atomic E-state index is -4.51. The summed E-state index contributed by atoms with van der Waals surface area (Å²) in [5.41, 5.74) is 0.775. The van der Waals surface area contributed by atoms with Gasteiger partial charge in [0.05, 0.1) is 30.2 Å². The molecule has 0 unspecified atom stereocenters. The zero-order valence-corrected chi connectivity index (χ0v) is 17.4. The van der Waals surface area contributed by atoms with Gasteiger partial charge in [0, 0.05) is 19.6 Å². The first-order valence-corrected chi connectivity index (χ1v) is 10.1. The molecule has 6 nitrogen and oxygen atoms in total. The largest absolute Gasteiger partial charge is 0.481 e. The van der Waals surface area contributed by atoms with Gasteiger partial charge in [-0.15, -0.1) is 6.42 Å².